The van der Waals surface area contributed by atoms with Crippen molar-refractivity contribution in [2.75, 3.05) is 18.0 Å². The first-order valence-corrected chi connectivity index (χ1v) is 11.1. The molecule has 0 amide bonds. The monoisotopic (exact) mass is 433 g/mol. The molecule has 31 heavy (non-hydrogen) atoms. The lowest BCUT2D eigenvalue weighted by Crippen LogP contribution is -2.31. The molecule has 3 rings (SSSR count). The lowest BCUT2D eigenvalue weighted by molar-refractivity contribution is 0.0600. The number of aryl methyl sites for hydroxylation is 2. The first-order valence-electron chi connectivity index (χ1n) is 9.64. The van der Waals surface area contributed by atoms with E-state index < -0.39 is 16.0 Å². The molecular formula is C25H23NO4S. The van der Waals surface area contributed by atoms with Crippen LogP contribution >= 0.6 is 0 Å². The molecule has 0 N–H and O–H groups in total. The van der Waals surface area contributed by atoms with Gasteiger partial charge in [0.25, 0.3) is 10.0 Å². The van der Waals surface area contributed by atoms with Crippen LogP contribution < -0.4 is 4.31 Å². The number of esters is 1. The smallest absolute Gasteiger partial charge is 0.337 e. The van der Waals surface area contributed by atoms with Crippen molar-refractivity contribution in [3.63, 3.8) is 0 Å². The molecule has 3 aromatic carbocycles. The fourth-order valence-corrected chi connectivity index (χ4v) is 4.25. The molecule has 0 unspecified atom stereocenters. The van der Waals surface area contributed by atoms with Crippen molar-refractivity contribution in [2.24, 2.45) is 0 Å². The third kappa shape index (κ3) is 5.33. The number of sulfonamides is 1. The normalized spacial score (nSPS) is 10.7. The SMILES string of the molecule is COC(=O)c1ccc(C#CCN(c2ccc(C)cc2)S(=O)(=O)c2ccc(C)cc2)cc1. The van der Waals surface area contributed by atoms with Crippen molar-refractivity contribution < 1.29 is 17.9 Å². The molecule has 5 nitrogen and oxygen atoms in total. The Morgan fingerprint density at radius 1 is 0.871 bits per heavy atom. The number of hydrogen-bond donors (Lipinski definition) is 0. The van der Waals surface area contributed by atoms with Gasteiger partial charge in [-0.3, -0.25) is 4.31 Å². The Labute approximate surface area is 183 Å². The highest BCUT2D eigenvalue weighted by atomic mass is 32.2. The fourth-order valence-electron chi connectivity index (χ4n) is 2.88. The second-order valence-corrected chi connectivity index (χ2v) is 8.89. The molecule has 6 heteroatoms. The maximum atomic E-state index is 13.3. The minimum Gasteiger partial charge on any atom is -0.465 e. The number of ether oxygens (including phenoxy) is 1. The quantitative estimate of drug-likeness (QED) is 0.444. The van der Waals surface area contributed by atoms with E-state index in [0.29, 0.717) is 16.8 Å². The molecule has 0 heterocycles. The first kappa shape index (κ1) is 22.1. The number of methoxy groups -OCH3 is 1. The highest BCUT2D eigenvalue weighted by Crippen LogP contribution is 2.24. The molecule has 0 aromatic heterocycles. The second kappa shape index (κ2) is 9.50. The van der Waals surface area contributed by atoms with E-state index in [2.05, 4.69) is 16.6 Å². The van der Waals surface area contributed by atoms with E-state index in [1.165, 1.54) is 11.4 Å². The van der Waals surface area contributed by atoms with Gasteiger partial charge in [0, 0.05) is 5.56 Å². The summed E-state index contributed by atoms with van der Waals surface area (Å²) in [6.45, 7) is 3.84. The summed E-state index contributed by atoms with van der Waals surface area (Å²) in [5.41, 5.74) is 3.66. The van der Waals surface area contributed by atoms with Gasteiger partial charge in [0.2, 0.25) is 0 Å². The second-order valence-electron chi connectivity index (χ2n) is 7.03. The molecule has 0 saturated carbocycles. The molecule has 0 aliphatic carbocycles. The van der Waals surface area contributed by atoms with Crippen molar-refractivity contribution in [3.8, 4) is 11.8 Å². The predicted octanol–water partition coefficient (Wildman–Crippen LogP) is 4.34. The van der Waals surface area contributed by atoms with Gasteiger partial charge in [-0.25, -0.2) is 13.2 Å². The summed E-state index contributed by atoms with van der Waals surface area (Å²) in [5, 5.41) is 0. The summed E-state index contributed by atoms with van der Waals surface area (Å²) in [4.78, 5) is 11.8. The van der Waals surface area contributed by atoms with Crippen LogP contribution in [0, 0.1) is 25.7 Å². The van der Waals surface area contributed by atoms with Crippen molar-refractivity contribution >= 4 is 21.7 Å². The zero-order valence-electron chi connectivity index (χ0n) is 17.6. The van der Waals surface area contributed by atoms with Gasteiger partial charge in [-0.2, -0.15) is 0 Å². The first-order chi connectivity index (χ1) is 14.8. The molecule has 3 aromatic rings. The zero-order chi connectivity index (χ0) is 22.4. The van der Waals surface area contributed by atoms with Crippen LogP contribution in [-0.4, -0.2) is 28.0 Å². The summed E-state index contributed by atoms with van der Waals surface area (Å²) >= 11 is 0. The molecule has 0 saturated heterocycles. The van der Waals surface area contributed by atoms with E-state index in [0.717, 1.165) is 11.1 Å². The molecule has 0 fully saturated rings. The summed E-state index contributed by atoms with van der Waals surface area (Å²) in [7, 11) is -2.47. The van der Waals surface area contributed by atoms with Crippen LogP contribution in [0.4, 0.5) is 5.69 Å². The Hall–Kier alpha value is -3.56. The number of benzene rings is 3. The number of carbonyl (C=O) groups excluding carboxylic acids is 1. The Kier molecular flexibility index (Phi) is 6.78. The number of nitrogens with zero attached hydrogens (tertiary/aromatic N) is 1. The maximum absolute atomic E-state index is 13.3. The summed E-state index contributed by atoms with van der Waals surface area (Å²) in [6.07, 6.45) is 0. The molecule has 0 bridgehead atoms. The van der Waals surface area contributed by atoms with E-state index in [-0.39, 0.29) is 11.4 Å². The fraction of sp³-hybridized carbons (Fsp3) is 0.160. The van der Waals surface area contributed by atoms with Gasteiger partial charge >= 0.3 is 5.97 Å². The highest BCUT2D eigenvalue weighted by molar-refractivity contribution is 7.92. The lowest BCUT2D eigenvalue weighted by Gasteiger charge is -2.22. The summed E-state index contributed by atoms with van der Waals surface area (Å²) in [5.74, 6) is 5.49. The minimum atomic E-state index is -3.79. The zero-order valence-corrected chi connectivity index (χ0v) is 18.4. The van der Waals surface area contributed by atoms with E-state index in [1.54, 1.807) is 60.7 Å². The average molecular weight is 434 g/mol. The average Bonchev–Trinajstić information content (AvgIpc) is 2.77. The van der Waals surface area contributed by atoms with Gasteiger partial charge in [-0.1, -0.05) is 47.2 Å². The highest BCUT2D eigenvalue weighted by Gasteiger charge is 2.24. The Morgan fingerprint density at radius 2 is 1.42 bits per heavy atom. The predicted molar refractivity (Wildman–Crippen MR) is 122 cm³/mol. The van der Waals surface area contributed by atoms with E-state index in [4.69, 9.17) is 0 Å². The summed E-state index contributed by atoms with van der Waals surface area (Å²) in [6, 6.07) is 20.7. The Morgan fingerprint density at radius 3 is 1.97 bits per heavy atom. The van der Waals surface area contributed by atoms with Crippen LogP contribution in [0.2, 0.25) is 0 Å². The number of anilines is 1. The molecule has 0 atom stereocenters. The van der Waals surface area contributed by atoms with E-state index >= 15 is 0 Å². The lowest BCUT2D eigenvalue weighted by atomic mass is 10.1. The van der Waals surface area contributed by atoms with Crippen LogP contribution in [0.25, 0.3) is 0 Å². The maximum Gasteiger partial charge on any atom is 0.337 e. The van der Waals surface area contributed by atoms with E-state index in [9.17, 15) is 13.2 Å². The van der Waals surface area contributed by atoms with Gasteiger partial charge in [-0.05, 0) is 62.4 Å². The van der Waals surface area contributed by atoms with Crippen molar-refractivity contribution in [1.82, 2.24) is 0 Å². The third-order valence-corrected chi connectivity index (χ3v) is 6.48. The Balaban J connectivity index is 1.91. The van der Waals surface area contributed by atoms with Crippen LogP contribution in [0.1, 0.15) is 27.0 Å². The molecule has 0 aliphatic rings. The number of hydrogen-bond acceptors (Lipinski definition) is 4. The van der Waals surface area contributed by atoms with Gasteiger partial charge in [0.1, 0.15) is 0 Å². The number of rotatable bonds is 5. The van der Waals surface area contributed by atoms with Crippen molar-refractivity contribution in [3.05, 3.63) is 95.1 Å². The molecule has 0 spiro atoms. The van der Waals surface area contributed by atoms with Crippen LogP contribution in [0.15, 0.2) is 77.7 Å². The Bertz CT molecular complexity index is 1220. The number of carbonyl (C=O) groups is 1. The van der Waals surface area contributed by atoms with Crippen LogP contribution in [0.5, 0.6) is 0 Å². The van der Waals surface area contributed by atoms with Crippen LogP contribution in [-0.2, 0) is 14.8 Å². The van der Waals surface area contributed by atoms with Gasteiger partial charge in [0.05, 0.1) is 29.8 Å². The largest absolute Gasteiger partial charge is 0.465 e. The minimum absolute atomic E-state index is 0.0158. The summed E-state index contributed by atoms with van der Waals surface area (Å²) < 4.78 is 32.6. The molecular weight excluding hydrogens is 410 g/mol. The van der Waals surface area contributed by atoms with Gasteiger partial charge in [-0.15, -0.1) is 0 Å². The van der Waals surface area contributed by atoms with E-state index in [1.807, 2.05) is 26.0 Å². The van der Waals surface area contributed by atoms with Crippen molar-refractivity contribution in [1.29, 1.82) is 0 Å². The molecule has 158 valence electrons. The van der Waals surface area contributed by atoms with Crippen molar-refractivity contribution in [2.45, 2.75) is 18.7 Å². The standard InChI is InChI=1S/C25H23NO4S/c1-19-6-14-23(15-7-19)26(31(28,29)24-16-8-20(2)9-17-24)18-4-5-21-10-12-22(13-11-21)25(27)30-3/h6-17H,18H2,1-3H3. The third-order valence-electron chi connectivity index (χ3n) is 4.69. The van der Waals surface area contributed by atoms with Crippen LogP contribution in [0.3, 0.4) is 0 Å². The van der Waals surface area contributed by atoms with Gasteiger partial charge < -0.3 is 4.74 Å². The molecule has 0 radical (unpaired) electrons. The molecule has 0 aliphatic heterocycles. The van der Waals surface area contributed by atoms with Gasteiger partial charge in [0.15, 0.2) is 0 Å². The topological polar surface area (TPSA) is 63.7 Å².